The number of esters is 1. The van der Waals surface area contributed by atoms with E-state index in [0.29, 0.717) is 34.4 Å². The number of halogens is 3. The van der Waals surface area contributed by atoms with Crippen molar-refractivity contribution in [3.8, 4) is 16.9 Å². The van der Waals surface area contributed by atoms with Gasteiger partial charge < -0.3 is 9.47 Å². The van der Waals surface area contributed by atoms with Crippen molar-refractivity contribution in [1.82, 2.24) is 9.97 Å². The summed E-state index contributed by atoms with van der Waals surface area (Å²) in [5.74, 6) is -0.722. The fraction of sp³-hybridized carbons (Fsp3) is 0.258. The van der Waals surface area contributed by atoms with Gasteiger partial charge in [0.1, 0.15) is 11.4 Å². The number of carbonyl (C=O) groups is 1. The van der Waals surface area contributed by atoms with Crippen LogP contribution in [0.2, 0.25) is 0 Å². The summed E-state index contributed by atoms with van der Waals surface area (Å²) in [6.07, 6.45) is -1.32. The standard InChI is InChI=1S/C31H28F3N3O5S/c1-30(2,3)42-28(38)20-7-5-19(6-8-20)26-17-21(31(32,33)34)9-11-23(26)24-13-16-41-27-18-22(10-12-25(24)27)43(39,40)37-29-35-14-4-15-36-29/h4-12,14-15,17-18,24H,13,16H2,1-3H3,(H,35,36,37)/t24-/m0/s1. The molecular weight excluding hydrogens is 583 g/mol. The average Bonchev–Trinajstić information content (AvgIpc) is 2.95. The van der Waals surface area contributed by atoms with Crippen molar-refractivity contribution in [1.29, 1.82) is 0 Å². The molecule has 0 unspecified atom stereocenters. The SMILES string of the molecule is CC(C)(C)OC(=O)c1ccc(-c2cc(C(F)(F)F)ccc2[C@@H]2CCOc3cc(S(=O)(=O)Nc4ncccn4)ccc32)cc1. The van der Waals surface area contributed by atoms with E-state index >= 15 is 0 Å². The molecule has 3 aromatic carbocycles. The molecule has 1 N–H and O–H groups in total. The van der Waals surface area contributed by atoms with Gasteiger partial charge in [-0.2, -0.15) is 13.2 Å². The Balaban J connectivity index is 1.53. The summed E-state index contributed by atoms with van der Waals surface area (Å²) in [6.45, 7) is 5.44. The summed E-state index contributed by atoms with van der Waals surface area (Å²) in [5, 5.41) is 0. The van der Waals surface area contributed by atoms with Crippen LogP contribution in [0.1, 0.15) is 60.2 Å². The molecule has 0 saturated heterocycles. The summed E-state index contributed by atoms with van der Waals surface area (Å²) in [4.78, 5) is 20.2. The average molecular weight is 612 g/mol. The Hall–Kier alpha value is -4.45. The highest BCUT2D eigenvalue weighted by molar-refractivity contribution is 7.92. The second kappa shape index (κ2) is 11.3. The van der Waals surface area contributed by atoms with E-state index in [1.165, 1.54) is 42.7 Å². The number of benzene rings is 3. The van der Waals surface area contributed by atoms with Gasteiger partial charge >= 0.3 is 12.1 Å². The van der Waals surface area contributed by atoms with E-state index in [-0.39, 0.29) is 23.0 Å². The van der Waals surface area contributed by atoms with Crippen LogP contribution in [0.3, 0.4) is 0 Å². The smallest absolute Gasteiger partial charge is 0.416 e. The van der Waals surface area contributed by atoms with E-state index in [1.54, 1.807) is 45.0 Å². The second-order valence-corrected chi connectivity index (χ2v) is 12.6. The van der Waals surface area contributed by atoms with E-state index in [1.807, 2.05) is 0 Å². The van der Waals surface area contributed by atoms with Crippen molar-refractivity contribution in [2.24, 2.45) is 0 Å². The topological polar surface area (TPSA) is 107 Å². The van der Waals surface area contributed by atoms with Gasteiger partial charge in [0.2, 0.25) is 5.95 Å². The van der Waals surface area contributed by atoms with Crippen molar-refractivity contribution < 1.29 is 35.9 Å². The largest absolute Gasteiger partial charge is 0.493 e. The Morgan fingerprint density at radius 1 is 0.953 bits per heavy atom. The van der Waals surface area contributed by atoms with Crippen LogP contribution in [0, 0.1) is 0 Å². The van der Waals surface area contributed by atoms with Crippen LogP contribution in [0.15, 0.2) is 84.0 Å². The second-order valence-electron chi connectivity index (χ2n) is 10.9. The predicted molar refractivity (Wildman–Crippen MR) is 153 cm³/mol. The normalized spacial score (nSPS) is 15.3. The number of aromatic nitrogens is 2. The zero-order valence-corrected chi connectivity index (χ0v) is 24.3. The third-order valence-corrected chi connectivity index (χ3v) is 8.04. The minimum Gasteiger partial charge on any atom is -0.493 e. The zero-order chi connectivity index (χ0) is 31.0. The Kier molecular flexibility index (Phi) is 7.91. The Morgan fingerprint density at radius 2 is 1.63 bits per heavy atom. The Morgan fingerprint density at radius 3 is 2.28 bits per heavy atom. The van der Waals surface area contributed by atoms with E-state index in [0.717, 1.165) is 12.1 Å². The quantitative estimate of drug-likeness (QED) is 0.238. The van der Waals surface area contributed by atoms with Crippen molar-refractivity contribution in [3.05, 3.63) is 101 Å². The molecule has 224 valence electrons. The van der Waals surface area contributed by atoms with Crippen LogP contribution >= 0.6 is 0 Å². The maximum Gasteiger partial charge on any atom is 0.416 e. The molecule has 0 amide bonds. The molecule has 1 atom stereocenters. The summed E-state index contributed by atoms with van der Waals surface area (Å²) < 4.78 is 80.8. The van der Waals surface area contributed by atoms with Crippen LogP contribution in [-0.4, -0.2) is 36.6 Å². The molecule has 1 aliphatic heterocycles. The molecule has 0 saturated carbocycles. The maximum absolute atomic E-state index is 13.8. The van der Waals surface area contributed by atoms with Crippen LogP contribution in [-0.2, 0) is 20.9 Å². The maximum atomic E-state index is 13.8. The Labute approximate surface area is 247 Å². The summed E-state index contributed by atoms with van der Waals surface area (Å²) in [5.41, 5.74) is 0.805. The lowest BCUT2D eigenvalue weighted by molar-refractivity contribution is -0.137. The highest BCUT2D eigenvalue weighted by atomic mass is 32.2. The van der Waals surface area contributed by atoms with Crippen LogP contribution in [0.4, 0.5) is 19.1 Å². The number of nitrogens with zero attached hydrogens (tertiary/aromatic N) is 2. The molecule has 2 heterocycles. The molecule has 0 aliphatic carbocycles. The van der Waals surface area contributed by atoms with Crippen molar-refractivity contribution in [2.45, 2.75) is 49.8 Å². The molecule has 0 spiro atoms. The molecule has 0 radical (unpaired) electrons. The van der Waals surface area contributed by atoms with E-state index in [4.69, 9.17) is 9.47 Å². The fourth-order valence-electron chi connectivity index (χ4n) is 4.80. The van der Waals surface area contributed by atoms with Crippen LogP contribution in [0.5, 0.6) is 5.75 Å². The fourth-order valence-corrected chi connectivity index (χ4v) is 5.77. The van der Waals surface area contributed by atoms with E-state index < -0.39 is 39.3 Å². The van der Waals surface area contributed by atoms with Gasteiger partial charge in [-0.3, -0.25) is 0 Å². The van der Waals surface area contributed by atoms with Gasteiger partial charge in [-0.05, 0) is 80.3 Å². The number of fused-ring (bicyclic) bond motifs is 1. The first-order valence-electron chi connectivity index (χ1n) is 13.3. The van der Waals surface area contributed by atoms with Crippen LogP contribution < -0.4 is 9.46 Å². The molecule has 12 heteroatoms. The first-order chi connectivity index (χ1) is 20.2. The van der Waals surface area contributed by atoms with Crippen LogP contribution in [0.25, 0.3) is 11.1 Å². The highest BCUT2D eigenvalue weighted by Crippen LogP contribution is 2.44. The molecular formula is C31H28F3N3O5S. The predicted octanol–water partition coefficient (Wildman–Crippen LogP) is 6.83. The number of anilines is 1. The van der Waals surface area contributed by atoms with Crippen molar-refractivity contribution in [3.63, 3.8) is 0 Å². The van der Waals surface area contributed by atoms with Gasteiger partial charge in [0.25, 0.3) is 10.0 Å². The summed E-state index contributed by atoms with van der Waals surface area (Å²) in [6, 6.07) is 15.7. The monoisotopic (exact) mass is 611 g/mol. The van der Waals surface area contributed by atoms with E-state index in [2.05, 4.69) is 14.7 Å². The summed E-state index contributed by atoms with van der Waals surface area (Å²) >= 11 is 0. The van der Waals surface area contributed by atoms with Crippen molar-refractivity contribution in [2.75, 3.05) is 11.3 Å². The number of carbonyl (C=O) groups excluding carboxylic acids is 1. The third kappa shape index (κ3) is 6.80. The molecule has 5 rings (SSSR count). The number of rotatable bonds is 6. The number of alkyl halides is 3. The third-order valence-electron chi connectivity index (χ3n) is 6.71. The lowest BCUT2D eigenvalue weighted by atomic mass is 9.82. The number of sulfonamides is 1. The number of hydrogen-bond acceptors (Lipinski definition) is 7. The molecule has 0 fully saturated rings. The minimum absolute atomic E-state index is 0.0790. The van der Waals surface area contributed by atoms with Gasteiger partial charge in [0.05, 0.1) is 22.6 Å². The number of nitrogens with one attached hydrogen (secondary N) is 1. The lowest BCUT2D eigenvalue weighted by Crippen LogP contribution is -2.23. The van der Waals surface area contributed by atoms with Gasteiger partial charge in [0.15, 0.2) is 0 Å². The van der Waals surface area contributed by atoms with Crippen molar-refractivity contribution >= 4 is 21.9 Å². The number of hydrogen-bond donors (Lipinski definition) is 1. The Bertz CT molecular complexity index is 1750. The molecule has 1 aliphatic rings. The molecule has 4 aromatic rings. The lowest BCUT2D eigenvalue weighted by Gasteiger charge is -2.29. The van der Waals surface area contributed by atoms with Gasteiger partial charge in [0, 0.05) is 29.9 Å². The van der Waals surface area contributed by atoms with Gasteiger partial charge in [-0.1, -0.05) is 24.3 Å². The van der Waals surface area contributed by atoms with E-state index in [9.17, 15) is 26.4 Å². The van der Waals surface area contributed by atoms with Gasteiger partial charge in [-0.15, -0.1) is 0 Å². The minimum atomic E-state index is -4.57. The molecule has 1 aromatic heterocycles. The highest BCUT2D eigenvalue weighted by Gasteiger charge is 2.33. The molecule has 43 heavy (non-hydrogen) atoms. The molecule has 8 nitrogen and oxygen atoms in total. The first-order valence-corrected chi connectivity index (χ1v) is 14.8. The molecule has 0 bridgehead atoms. The van der Waals surface area contributed by atoms with Gasteiger partial charge in [-0.25, -0.2) is 27.9 Å². The summed E-state index contributed by atoms with van der Waals surface area (Å²) in [7, 11) is -4.04. The first kappa shape index (κ1) is 30.0. The number of ether oxygens (including phenoxy) is 2. The zero-order valence-electron chi connectivity index (χ0n) is 23.5.